The zero-order valence-corrected chi connectivity index (χ0v) is 14.5. The van der Waals surface area contributed by atoms with E-state index in [1.807, 2.05) is 35.2 Å². The average Bonchev–Trinajstić information content (AvgIpc) is 3.14. The second-order valence-corrected chi connectivity index (χ2v) is 6.81. The molecule has 0 amide bonds. The monoisotopic (exact) mass is 336 g/mol. The van der Waals surface area contributed by atoms with Gasteiger partial charge in [0.1, 0.15) is 18.9 Å². The zero-order chi connectivity index (χ0) is 17.6. The highest BCUT2D eigenvalue weighted by Crippen LogP contribution is 2.21. The summed E-state index contributed by atoms with van der Waals surface area (Å²) >= 11 is 0. The predicted octanol–water partition coefficient (Wildman–Crippen LogP) is 0.987. The lowest BCUT2D eigenvalue weighted by Gasteiger charge is -2.29. The van der Waals surface area contributed by atoms with Crippen molar-refractivity contribution in [2.45, 2.75) is 33.0 Å². The summed E-state index contributed by atoms with van der Waals surface area (Å²) in [5.74, 6) is 0.666. The maximum atomic E-state index is 12.6. The molecule has 1 radical (unpaired) electrons. The van der Waals surface area contributed by atoms with Gasteiger partial charge in [-0.1, -0.05) is 44.2 Å². The summed E-state index contributed by atoms with van der Waals surface area (Å²) < 4.78 is 6.02. The lowest BCUT2D eigenvalue weighted by atomic mass is 9.31. The van der Waals surface area contributed by atoms with Gasteiger partial charge in [-0.05, 0) is 5.56 Å². The molecule has 0 saturated carbocycles. The maximum Gasteiger partial charge on any atom is 0.399 e. The van der Waals surface area contributed by atoms with Gasteiger partial charge in [0.25, 0.3) is 6.28 Å². The van der Waals surface area contributed by atoms with Gasteiger partial charge in [-0.25, -0.2) is 14.7 Å². The molecule has 25 heavy (non-hydrogen) atoms. The highest BCUT2D eigenvalue weighted by Gasteiger charge is 2.48. The third-order valence-electron chi connectivity index (χ3n) is 5.66. The smallest absolute Gasteiger partial charge is 0.377 e. The molecule has 1 N–H and O–H groups in total. The van der Waals surface area contributed by atoms with Crippen molar-refractivity contribution >= 4 is 12.0 Å². The van der Waals surface area contributed by atoms with Crippen LogP contribution in [0.4, 0.5) is 0 Å². The Morgan fingerprint density at radius 3 is 2.56 bits per heavy atom. The molecular weight excluding hydrogens is 315 g/mol. The molecule has 0 unspecified atom stereocenters. The fraction of sp³-hybridized carbons (Fsp3) is 0.278. The third-order valence-corrected chi connectivity index (χ3v) is 5.66. The Kier molecular flexibility index (Phi) is 3.52. The fourth-order valence-corrected chi connectivity index (χ4v) is 4.40. The molecule has 4 rings (SSSR count). The van der Waals surface area contributed by atoms with E-state index in [0.717, 1.165) is 24.9 Å². The van der Waals surface area contributed by atoms with Gasteiger partial charge >= 0.3 is 11.6 Å². The first-order chi connectivity index (χ1) is 12.1. The number of nitrogens with zero attached hydrogens (tertiary/aromatic N) is 3. The number of nitrogens with one attached hydrogen (secondary N) is 1. The Morgan fingerprint density at radius 1 is 1.16 bits per heavy atom. The molecule has 7 heteroatoms. The van der Waals surface area contributed by atoms with E-state index in [0.29, 0.717) is 5.82 Å². The van der Waals surface area contributed by atoms with Crippen molar-refractivity contribution in [1.29, 1.82) is 0 Å². The van der Waals surface area contributed by atoms with Gasteiger partial charge in [0.15, 0.2) is 5.82 Å². The molecule has 0 bridgehead atoms. The minimum atomic E-state index is -1.28. The molecule has 2 aromatic heterocycles. The van der Waals surface area contributed by atoms with Crippen LogP contribution in [0.15, 0.2) is 53.6 Å². The zero-order valence-electron chi connectivity index (χ0n) is 14.5. The number of hydrogen-bond donors (Lipinski definition) is 1. The molecule has 6 nitrogen and oxygen atoms in total. The fourth-order valence-electron chi connectivity index (χ4n) is 4.40. The summed E-state index contributed by atoms with van der Waals surface area (Å²) in [4.78, 5) is 14.3. The van der Waals surface area contributed by atoms with Crippen LogP contribution in [0.25, 0.3) is 5.82 Å². The van der Waals surface area contributed by atoms with Gasteiger partial charge in [-0.2, -0.15) is 0 Å². The number of fused-ring (bicyclic) bond motifs is 3. The van der Waals surface area contributed by atoms with E-state index in [1.165, 1.54) is 11.6 Å². The maximum absolute atomic E-state index is 12.6. The number of aromatic amines is 1. The highest BCUT2D eigenvalue weighted by molar-refractivity contribution is 6.83. The second-order valence-electron chi connectivity index (χ2n) is 6.81. The van der Waals surface area contributed by atoms with E-state index in [4.69, 9.17) is 0 Å². The topological polar surface area (TPSA) is 65.5 Å². The summed E-state index contributed by atoms with van der Waals surface area (Å²) in [6, 6.07) is 11.5. The number of rotatable bonds is 4. The van der Waals surface area contributed by atoms with Crippen molar-refractivity contribution in [3.05, 3.63) is 64.7 Å². The summed E-state index contributed by atoms with van der Waals surface area (Å²) in [7, 11) is 0. The van der Waals surface area contributed by atoms with Crippen LogP contribution in [0.1, 0.15) is 19.4 Å². The van der Waals surface area contributed by atoms with Gasteiger partial charge in [0.2, 0.25) is 0 Å². The van der Waals surface area contributed by atoms with E-state index in [-0.39, 0.29) is 11.6 Å². The normalized spacial score (nSPS) is 14.3. The van der Waals surface area contributed by atoms with Crippen LogP contribution in [0.2, 0.25) is 12.6 Å². The van der Waals surface area contributed by atoms with Gasteiger partial charge in [-0.15, -0.1) is 12.6 Å². The van der Waals surface area contributed by atoms with E-state index < -0.39 is 6.28 Å². The van der Waals surface area contributed by atoms with E-state index >= 15 is 0 Å². The van der Waals surface area contributed by atoms with Crippen LogP contribution in [0, 0.1) is 0 Å². The first-order valence-corrected chi connectivity index (χ1v) is 8.81. The summed E-state index contributed by atoms with van der Waals surface area (Å²) in [6.45, 7) is 4.96. The number of aromatic nitrogens is 4. The van der Waals surface area contributed by atoms with Gasteiger partial charge in [0, 0.05) is 0 Å². The molecule has 0 atom stereocenters. The van der Waals surface area contributed by atoms with Crippen molar-refractivity contribution < 1.29 is 14.2 Å². The van der Waals surface area contributed by atoms with Gasteiger partial charge < -0.3 is 4.48 Å². The number of imidazole rings is 1. The first-order valence-electron chi connectivity index (χ1n) is 8.81. The lowest BCUT2D eigenvalue weighted by Crippen LogP contribution is -2.75. The summed E-state index contributed by atoms with van der Waals surface area (Å²) in [5.41, 5.74) is 1.95. The molecule has 0 fully saturated rings. The minimum Gasteiger partial charge on any atom is -0.377 e. The van der Waals surface area contributed by atoms with Crippen LogP contribution in [0.5, 0.6) is 6.01 Å². The number of benzene rings is 1. The van der Waals surface area contributed by atoms with E-state index in [2.05, 4.69) is 35.5 Å². The predicted molar refractivity (Wildman–Crippen MR) is 94.2 cm³/mol. The molecule has 3 heterocycles. The van der Waals surface area contributed by atoms with Crippen LogP contribution in [-0.4, -0.2) is 15.8 Å². The van der Waals surface area contributed by atoms with E-state index in [9.17, 15) is 9.90 Å². The van der Waals surface area contributed by atoms with Crippen LogP contribution < -0.4 is 20.3 Å². The minimum absolute atomic E-state index is 0.318. The first kappa shape index (κ1) is 15.7. The lowest BCUT2D eigenvalue weighted by molar-refractivity contribution is -0.673. The van der Waals surface area contributed by atoms with Crippen LogP contribution in [-0.2, 0) is 11.7 Å². The Balaban J connectivity index is 1.95. The van der Waals surface area contributed by atoms with Crippen molar-refractivity contribution in [1.82, 2.24) is 9.55 Å². The van der Waals surface area contributed by atoms with Crippen LogP contribution in [0.3, 0.4) is 0 Å². The number of hydrogen-bond acceptors (Lipinski definition) is 1. The largest absolute Gasteiger partial charge is 0.399 e. The summed E-state index contributed by atoms with van der Waals surface area (Å²) in [6.07, 6.45) is 4.37. The highest BCUT2D eigenvalue weighted by atomic mass is 16.3. The Labute approximate surface area is 145 Å². The second kappa shape index (κ2) is 5.62. The molecule has 1 aliphatic rings. The van der Waals surface area contributed by atoms with E-state index in [1.54, 1.807) is 4.48 Å². The molecule has 127 valence electrons. The molecule has 1 aromatic carbocycles. The molecule has 0 aliphatic carbocycles. The molecule has 0 spiro atoms. The standard InChI is InChI=1S/C18H20BN4O2/c1-3-19(4-2)17-21(13-14-8-6-5-7-9-14)10-11-22(17)16-12-15(24)20-18(25)23(16)19/h5-12H,3-4,13H2,1-2H3/p+1. The third kappa shape index (κ3) is 2.15. The Morgan fingerprint density at radius 2 is 1.88 bits per heavy atom. The van der Waals surface area contributed by atoms with Gasteiger partial charge in [-0.3, -0.25) is 9.36 Å². The Hall–Kier alpha value is -2.83. The average molecular weight is 336 g/mol. The Bertz CT molecular complexity index is 990. The van der Waals surface area contributed by atoms with Crippen LogP contribution >= 0.6 is 0 Å². The molecule has 3 aromatic rings. The molecule has 0 saturated heterocycles. The van der Waals surface area contributed by atoms with Crippen molar-refractivity contribution in [2.75, 3.05) is 0 Å². The van der Waals surface area contributed by atoms with Gasteiger partial charge in [0.05, 0.1) is 11.8 Å². The number of H-pyrrole nitrogens is 1. The van der Waals surface area contributed by atoms with Crippen molar-refractivity contribution in [3.63, 3.8) is 0 Å². The molecular formula is C18H21BN4O2+. The van der Waals surface area contributed by atoms with Crippen molar-refractivity contribution in [2.24, 2.45) is 0 Å². The molecule has 1 aliphatic heterocycles. The quantitative estimate of drug-likeness (QED) is 0.560. The van der Waals surface area contributed by atoms with Crippen molar-refractivity contribution in [3.8, 4) is 11.8 Å². The SMILES string of the molecule is CC[B-]1(CC)c2n(cc[n+]2Cc2ccccc2)-c2cc(=O)[nH]c([O])[n+]21. The summed E-state index contributed by atoms with van der Waals surface area (Å²) in [5, 5.41) is 12.6.